The fourth-order valence-electron chi connectivity index (χ4n) is 1.81. The van der Waals surface area contributed by atoms with Crippen LogP contribution in [0.4, 0.5) is 5.95 Å². The minimum atomic E-state index is -1.57. The molecule has 0 aliphatic carbocycles. The number of amides is 1. The number of fused-ring (bicyclic) bond motifs is 1. The predicted molar refractivity (Wildman–Crippen MR) is 74.5 cm³/mol. The molecule has 0 bridgehead atoms. The van der Waals surface area contributed by atoms with Gasteiger partial charge in [-0.05, 0) is 29.8 Å². The first-order chi connectivity index (χ1) is 9.56. The van der Waals surface area contributed by atoms with Crippen molar-refractivity contribution >= 4 is 37.5 Å². The van der Waals surface area contributed by atoms with E-state index in [2.05, 4.69) is 30.9 Å². The van der Waals surface area contributed by atoms with E-state index >= 15 is 0 Å². The lowest BCUT2D eigenvalue weighted by Crippen LogP contribution is -2.32. The molecule has 1 amide bonds. The summed E-state index contributed by atoms with van der Waals surface area (Å²) in [4.78, 5) is 18.3. The molecule has 10 heteroatoms. The number of anilines is 1. The molecule has 2 N–H and O–H groups in total. The highest BCUT2D eigenvalue weighted by atomic mass is 32.1. The molecule has 20 heavy (non-hydrogen) atoms. The van der Waals surface area contributed by atoms with Crippen LogP contribution in [0.25, 0.3) is 0 Å². The molecule has 2 aliphatic rings. The Labute approximate surface area is 115 Å². The van der Waals surface area contributed by atoms with Crippen molar-refractivity contribution in [2.75, 3.05) is 11.9 Å². The second-order valence-corrected chi connectivity index (χ2v) is 5.71. The van der Waals surface area contributed by atoms with Crippen molar-refractivity contribution in [2.45, 2.75) is 13.8 Å². The Hall–Kier alpha value is -2.49. The zero-order valence-corrected chi connectivity index (χ0v) is 11.6. The molecule has 104 valence electrons. The Morgan fingerprint density at radius 2 is 2.30 bits per heavy atom. The Balaban J connectivity index is 1.93. The van der Waals surface area contributed by atoms with Crippen LogP contribution >= 0.6 is 0 Å². The van der Waals surface area contributed by atoms with Gasteiger partial charge >= 0.3 is 0 Å². The van der Waals surface area contributed by atoms with Crippen LogP contribution in [0.15, 0.2) is 16.8 Å². The summed E-state index contributed by atoms with van der Waals surface area (Å²) in [7, 11) is -1.57. The van der Waals surface area contributed by atoms with Gasteiger partial charge in [0.25, 0.3) is 5.91 Å². The molecule has 3 rings (SSSR count). The monoisotopic (exact) mass is 293 g/mol. The van der Waals surface area contributed by atoms with Crippen molar-refractivity contribution in [1.29, 1.82) is 0 Å². The number of hydrogen-bond acceptors (Lipinski definition) is 7. The largest absolute Gasteiger partial charge is 0.317 e. The molecule has 1 aromatic heterocycles. The molecule has 9 nitrogen and oxygen atoms in total. The van der Waals surface area contributed by atoms with Crippen molar-refractivity contribution in [1.82, 2.24) is 25.5 Å². The van der Waals surface area contributed by atoms with Crippen LogP contribution in [-0.4, -0.2) is 57.9 Å². The molecule has 3 heterocycles. The maximum atomic E-state index is 12.3. The van der Waals surface area contributed by atoms with Crippen LogP contribution in [0.1, 0.15) is 13.8 Å². The zero-order valence-electron chi connectivity index (χ0n) is 10.7. The number of hydrogen-bond donors (Lipinski definition) is 2. The van der Waals surface area contributed by atoms with E-state index in [9.17, 15) is 9.00 Å². The van der Waals surface area contributed by atoms with Crippen molar-refractivity contribution in [3.8, 4) is 0 Å². The molecule has 0 saturated heterocycles. The van der Waals surface area contributed by atoms with Gasteiger partial charge in [-0.2, -0.15) is 0 Å². The molecule has 0 unspecified atom stereocenters. The number of allylic oxidation sites excluding steroid dienone is 1. The highest BCUT2D eigenvalue weighted by Crippen LogP contribution is 2.13. The molecule has 0 atom stereocenters. The Kier molecular flexibility index (Phi) is 2.86. The molecule has 2 aliphatic heterocycles. The van der Waals surface area contributed by atoms with Crippen LogP contribution in [0, 0.1) is 0 Å². The number of nitrogens with zero attached hydrogens (tertiary/aromatic N) is 5. The molecule has 0 spiro atoms. The van der Waals surface area contributed by atoms with E-state index in [0.29, 0.717) is 5.11 Å². The zero-order chi connectivity index (χ0) is 14.3. The molecule has 0 fully saturated rings. The second-order valence-electron chi connectivity index (χ2n) is 4.32. The van der Waals surface area contributed by atoms with Crippen LogP contribution in [-0.2, 0) is 14.8 Å². The van der Waals surface area contributed by atoms with Crippen molar-refractivity contribution < 1.29 is 9.00 Å². The first-order valence-corrected chi connectivity index (χ1v) is 6.91. The third kappa shape index (κ3) is 1.99. The summed E-state index contributed by atoms with van der Waals surface area (Å²) in [6.45, 7) is 3.99. The van der Waals surface area contributed by atoms with Gasteiger partial charge in [0, 0.05) is 11.9 Å². The van der Waals surface area contributed by atoms with Crippen LogP contribution in [0.3, 0.4) is 0 Å². The lowest BCUT2D eigenvalue weighted by molar-refractivity contribution is -0.110. The summed E-state index contributed by atoms with van der Waals surface area (Å²) in [5.74, 6) is -0.372. The molecule has 0 radical (unpaired) electrons. The summed E-state index contributed by atoms with van der Waals surface area (Å²) in [6, 6.07) is 0. The Morgan fingerprint density at radius 1 is 1.50 bits per heavy atom. The summed E-state index contributed by atoms with van der Waals surface area (Å²) in [5, 5.41) is 15.5. The maximum absolute atomic E-state index is 12.3. The number of rotatable bonds is 2. The lowest BCUT2D eigenvalue weighted by atomic mass is 10.2. The average molecular weight is 293 g/mol. The van der Waals surface area contributed by atoms with E-state index in [-0.39, 0.29) is 17.4 Å². The smallest absolute Gasteiger partial charge is 0.268 e. The fourth-order valence-corrected chi connectivity index (χ4v) is 3.05. The minimum absolute atomic E-state index is 0.112. The lowest BCUT2D eigenvalue weighted by Gasteiger charge is -2.20. The van der Waals surface area contributed by atoms with E-state index < -0.39 is 15.9 Å². The molecular weight excluding hydrogens is 282 g/mol. The van der Waals surface area contributed by atoms with Gasteiger partial charge < -0.3 is 4.90 Å². The minimum Gasteiger partial charge on any atom is -0.317 e. The van der Waals surface area contributed by atoms with E-state index in [4.69, 9.17) is 0 Å². The first-order valence-electron chi connectivity index (χ1n) is 5.76. The first kappa shape index (κ1) is 12.5. The quantitative estimate of drug-likeness (QED) is 0.664. The van der Waals surface area contributed by atoms with Gasteiger partial charge in [-0.15, -0.1) is 0 Å². The third-order valence-corrected chi connectivity index (χ3v) is 4.38. The standard InChI is InChI=1S/C10H11N7O2S/c1-5-3-17-4-7(20(19)10(17)11-6(5)2)8(18)12-9-13-15-16-14-9/h3H,4H2,1-2H3,(H2,12,13,14,15,16,18). The van der Waals surface area contributed by atoms with Crippen molar-refractivity contribution in [3.63, 3.8) is 0 Å². The van der Waals surface area contributed by atoms with Gasteiger partial charge in [0.2, 0.25) is 11.1 Å². The predicted octanol–water partition coefficient (Wildman–Crippen LogP) is -1.16. The van der Waals surface area contributed by atoms with E-state index in [0.717, 1.165) is 11.3 Å². The topological polar surface area (TPSA) is 116 Å². The normalized spacial score (nSPS) is 17.9. The van der Waals surface area contributed by atoms with Crippen LogP contribution in [0.2, 0.25) is 0 Å². The maximum Gasteiger partial charge on any atom is 0.268 e. The summed E-state index contributed by atoms with van der Waals surface area (Å²) < 4.78 is 12.3. The van der Waals surface area contributed by atoms with Gasteiger partial charge in [0.05, 0.1) is 16.5 Å². The molecule has 0 aromatic carbocycles. The number of aromatic nitrogens is 4. The summed E-state index contributed by atoms with van der Waals surface area (Å²) in [5.41, 5.74) is 1.78. The highest BCUT2D eigenvalue weighted by molar-refractivity contribution is 7.87. The number of aromatic amines is 1. The average Bonchev–Trinajstić information content (AvgIpc) is 3.00. The van der Waals surface area contributed by atoms with Gasteiger partial charge in [-0.25, -0.2) is 14.3 Å². The number of H-pyrrole nitrogens is 1. The number of tetrazole rings is 1. The van der Waals surface area contributed by atoms with Crippen LogP contribution < -0.4 is 5.32 Å². The van der Waals surface area contributed by atoms with Crippen molar-refractivity contribution in [2.24, 2.45) is 4.99 Å². The van der Waals surface area contributed by atoms with E-state index in [1.54, 1.807) is 4.90 Å². The Bertz CT molecular complexity index is 788. The number of nitrogens with one attached hydrogen (secondary N) is 2. The van der Waals surface area contributed by atoms with Gasteiger partial charge in [-0.3, -0.25) is 10.1 Å². The molecule has 0 saturated carbocycles. The number of aliphatic imine (C=N–C) groups is 1. The second kappa shape index (κ2) is 4.56. The van der Waals surface area contributed by atoms with Crippen molar-refractivity contribution in [3.05, 3.63) is 11.8 Å². The number of carbonyl (C=O) groups excluding carboxylic acids is 1. The molecular formula is C10H11N7O2S. The SMILES string of the molecule is CC1=CN2CC(C(=O)Nc3nnn[nH]3)=S(=O)=C2N=C1C. The fraction of sp³-hybridized carbons (Fsp3) is 0.300. The third-order valence-electron chi connectivity index (χ3n) is 2.96. The van der Waals surface area contributed by atoms with Crippen LogP contribution in [0.5, 0.6) is 0 Å². The van der Waals surface area contributed by atoms with Gasteiger partial charge in [-0.1, -0.05) is 5.10 Å². The molecule has 1 aromatic rings. The summed E-state index contributed by atoms with van der Waals surface area (Å²) in [6.07, 6.45) is 1.84. The van der Waals surface area contributed by atoms with E-state index in [1.165, 1.54) is 0 Å². The van der Waals surface area contributed by atoms with Gasteiger partial charge in [0.15, 0.2) is 0 Å². The van der Waals surface area contributed by atoms with E-state index in [1.807, 2.05) is 20.0 Å². The van der Waals surface area contributed by atoms with Gasteiger partial charge in [0.1, 0.15) is 4.86 Å². The summed E-state index contributed by atoms with van der Waals surface area (Å²) >= 11 is 0. The highest BCUT2D eigenvalue weighted by Gasteiger charge is 2.28. The number of carbonyl (C=O) groups is 1. The Morgan fingerprint density at radius 3 is 3.00 bits per heavy atom.